The smallest absolute Gasteiger partial charge is 0.115 e. The molecule has 1 aromatic rings. The lowest BCUT2D eigenvalue weighted by Crippen LogP contribution is -2.36. The summed E-state index contributed by atoms with van der Waals surface area (Å²) in [6.07, 6.45) is 6.28. The summed E-state index contributed by atoms with van der Waals surface area (Å²) in [5, 5.41) is 9.58. The molecule has 1 aliphatic heterocycles. The molecule has 0 saturated carbocycles. The van der Waals surface area contributed by atoms with Crippen molar-refractivity contribution in [3.8, 4) is 5.75 Å². The zero-order chi connectivity index (χ0) is 12.7. The molecular formula is C16H23NO. The van der Waals surface area contributed by atoms with Crippen molar-refractivity contribution in [1.82, 2.24) is 4.90 Å². The van der Waals surface area contributed by atoms with Crippen LogP contribution in [0.15, 0.2) is 18.2 Å². The van der Waals surface area contributed by atoms with Gasteiger partial charge in [0.05, 0.1) is 0 Å². The number of aromatic hydroxyl groups is 1. The molecule has 1 aliphatic carbocycles. The Morgan fingerprint density at radius 1 is 1.28 bits per heavy atom. The standard InChI is InChI=1S/C16H23NO/c1-3-13-6-4-11(2)17(13)16-9-5-12-10-14(18)7-8-15(12)16/h7-8,10-11,13,16,18H,3-6,9H2,1-2H3. The van der Waals surface area contributed by atoms with Crippen LogP contribution >= 0.6 is 0 Å². The van der Waals surface area contributed by atoms with E-state index in [0.717, 1.165) is 12.5 Å². The van der Waals surface area contributed by atoms with E-state index in [1.54, 1.807) is 0 Å². The van der Waals surface area contributed by atoms with Gasteiger partial charge in [-0.1, -0.05) is 13.0 Å². The summed E-state index contributed by atoms with van der Waals surface area (Å²) in [6, 6.07) is 7.99. The molecule has 1 saturated heterocycles. The maximum absolute atomic E-state index is 9.58. The second kappa shape index (κ2) is 4.58. The second-order valence-electron chi connectivity index (χ2n) is 5.87. The molecule has 1 heterocycles. The molecule has 3 atom stereocenters. The number of likely N-dealkylation sites (tertiary alicyclic amines) is 1. The van der Waals surface area contributed by atoms with E-state index in [9.17, 15) is 5.11 Å². The van der Waals surface area contributed by atoms with E-state index in [1.807, 2.05) is 12.1 Å². The third-order valence-electron chi connectivity index (χ3n) is 4.85. The Kier molecular flexibility index (Phi) is 3.06. The van der Waals surface area contributed by atoms with Gasteiger partial charge in [0.1, 0.15) is 5.75 Å². The predicted molar refractivity (Wildman–Crippen MR) is 73.8 cm³/mol. The number of hydrogen-bond acceptors (Lipinski definition) is 2. The van der Waals surface area contributed by atoms with Crippen molar-refractivity contribution in [2.75, 3.05) is 0 Å². The third kappa shape index (κ3) is 1.83. The van der Waals surface area contributed by atoms with Gasteiger partial charge >= 0.3 is 0 Å². The van der Waals surface area contributed by atoms with E-state index in [1.165, 1.54) is 36.8 Å². The highest BCUT2D eigenvalue weighted by Crippen LogP contribution is 2.43. The zero-order valence-corrected chi connectivity index (χ0v) is 11.4. The molecule has 98 valence electrons. The van der Waals surface area contributed by atoms with E-state index in [2.05, 4.69) is 24.8 Å². The number of phenols is 1. The highest BCUT2D eigenvalue weighted by atomic mass is 16.3. The molecule has 0 spiro atoms. The SMILES string of the molecule is CCC1CCC(C)N1C1CCc2cc(O)ccc21. The first-order valence-electron chi connectivity index (χ1n) is 7.30. The maximum Gasteiger partial charge on any atom is 0.115 e. The minimum Gasteiger partial charge on any atom is -0.508 e. The Morgan fingerprint density at radius 3 is 2.89 bits per heavy atom. The van der Waals surface area contributed by atoms with E-state index in [0.29, 0.717) is 17.8 Å². The average Bonchev–Trinajstić information content (AvgIpc) is 2.91. The van der Waals surface area contributed by atoms with Crippen molar-refractivity contribution >= 4 is 0 Å². The van der Waals surface area contributed by atoms with Gasteiger partial charge in [-0.25, -0.2) is 0 Å². The normalized spacial score (nSPS) is 31.8. The van der Waals surface area contributed by atoms with E-state index >= 15 is 0 Å². The predicted octanol–water partition coefficient (Wildman–Crippen LogP) is 3.64. The van der Waals surface area contributed by atoms with Crippen molar-refractivity contribution in [2.45, 2.75) is 64.1 Å². The van der Waals surface area contributed by atoms with Crippen molar-refractivity contribution < 1.29 is 5.11 Å². The number of hydrogen-bond donors (Lipinski definition) is 1. The van der Waals surface area contributed by atoms with Crippen LogP contribution in [-0.4, -0.2) is 22.1 Å². The number of phenolic OH excluding ortho intramolecular Hbond substituents is 1. The Labute approximate surface area is 110 Å². The molecule has 2 nitrogen and oxygen atoms in total. The lowest BCUT2D eigenvalue weighted by Gasteiger charge is -2.34. The molecule has 3 rings (SSSR count). The van der Waals surface area contributed by atoms with E-state index < -0.39 is 0 Å². The van der Waals surface area contributed by atoms with Gasteiger partial charge in [-0.15, -0.1) is 0 Å². The van der Waals surface area contributed by atoms with Gasteiger partial charge in [0.15, 0.2) is 0 Å². The van der Waals surface area contributed by atoms with Gasteiger partial charge in [-0.3, -0.25) is 4.90 Å². The van der Waals surface area contributed by atoms with Crippen LogP contribution in [0.4, 0.5) is 0 Å². The third-order valence-corrected chi connectivity index (χ3v) is 4.85. The van der Waals surface area contributed by atoms with Crippen molar-refractivity contribution in [3.05, 3.63) is 29.3 Å². The summed E-state index contributed by atoms with van der Waals surface area (Å²) in [4.78, 5) is 2.74. The van der Waals surface area contributed by atoms with Crippen LogP contribution < -0.4 is 0 Å². The summed E-state index contributed by atoms with van der Waals surface area (Å²) in [6.45, 7) is 4.68. The number of nitrogens with zero attached hydrogens (tertiary/aromatic N) is 1. The van der Waals surface area contributed by atoms with Gasteiger partial charge in [-0.2, -0.15) is 0 Å². The van der Waals surface area contributed by atoms with Gasteiger partial charge in [-0.05, 0) is 62.3 Å². The lowest BCUT2D eigenvalue weighted by molar-refractivity contribution is 0.133. The van der Waals surface area contributed by atoms with Crippen molar-refractivity contribution in [1.29, 1.82) is 0 Å². The fourth-order valence-electron chi connectivity index (χ4n) is 3.96. The summed E-state index contributed by atoms with van der Waals surface area (Å²) in [5.74, 6) is 0.413. The Hall–Kier alpha value is -1.02. The summed E-state index contributed by atoms with van der Waals surface area (Å²) in [5.41, 5.74) is 2.81. The summed E-state index contributed by atoms with van der Waals surface area (Å²) >= 11 is 0. The Bertz CT molecular complexity index is 443. The molecule has 1 N–H and O–H groups in total. The molecule has 0 radical (unpaired) electrons. The van der Waals surface area contributed by atoms with Crippen molar-refractivity contribution in [3.63, 3.8) is 0 Å². The molecule has 3 unspecified atom stereocenters. The largest absolute Gasteiger partial charge is 0.508 e. The van der Waals surface area contributed by atoms with Gasteiger partial charge in [0.2, 0.25) is 0 Å². The number of fused-ring (bicyclic) bond motifs is 1. The minimum atomic E-state index is 0.413. The highest BCUT2D eigenvalue weighted by Gasteiger charge is 2.38. The topological polar surface area (TPSA) is 23.5 Å². The van der Waals surface area contributed by atoms with Crippen LogP contribution in [0.1, 0.15) is 56.7 Å². The van der Waals surface area contributed by atoms with Crippen LogP contribution in [0.2, 0.25) is 0 Å². The first-order valence-corrected chi connectivity index (χ1v) is 7.30. The molecule has 1 fully saturated rings. The van der Waals surface area contributed by atoms with Crippen LogP contribution in [0.3, 0.4) is 0 Å². The monoisotopic (exact) mass is 245 g/mol. The lowest BCUT2D eigenvalue weighted by atomic mass is 10.0. The Balaban J connectivity index is 1.91. The summed E-state index contributed by atoms with van der Waals surface area (Å²) in [7, 11) is 0. The zero-order valence-electron chi connectivity index (χ0n) is 11.4. The number of rotatable bonds is 2. The fraction of sp³-hybridized carbons (Fsp3) is 0.625. The average molecular weight is 245 g/mol. The van der Waals surface area contributed by atoms with Crippen LogP contribution in [0.25, 0.3) is 0 Å². The fourth-order valence-corrected chi connectivity index (χ4v) is 3.96. The van der Waals surface area contributed by atoms with Gasteiger partial charge in [0, 0.05) is 18.1 Å². The molecule has 0 aromatic heterocycles. The molecular weight excluding hydrogens is 222 g/mol. The number of benzene rings is 1. The molecule has 2 heteroatoms. The highest BCUT2D eigenvalue weighted by molar-refractivity contribution is 5.40. The molecule has 2 aliphatic rings. The molecule has 0 bridgehead atoms. The molecule has 0 amide bonds. The Morgan fingerprint density at radius 2 is 2.11 bits per heavy atom. The van der Waals surface area contributed by atoms with Crippen LogP contribution in [0, 0.1) is 0 Å². The quantitative estimate of drug-likeness (QED) is 0.860. The number of aryl methyl sites for hydroxylation is 1. The van der Waals surface area contributed by atoms with E-state index in [4.69, 9.17) is 0 Å². The van der Waals surface area contributed by atoms with Gasteiger partial charge in [0.25, 0.3) is 0 Å². The van der Waals surface area contributed by atoms with Crippen LogP contribution in [0.5, 0.6) is 5.75 Å². The summed E-state index contributed by atoms with van der Waals surface area (Å²) < 4.78 is 0. The van der Waals surface area contributed by atoms with Gasteiger partial charge < -0.3 is 5.11 Å². The first-order chi connectivity index (χ1) is 8.70. The minimum absolute atomic E-state index is 0.413. The van der Waals surface area contributed by atoms with Crippen LogP contribution in [-0.2, 0) is 6.42 Å². The second-order valence-corrected chi connectivity index (χ2v) is 5.87. The van der Waals surface area contributed by atoms with E-state index in [-0.39, 0.29) is 0 Å². The first kappa shape index (κ1) is 12.0. The molecule has 18 heavy (non-hydrogen) atoms. The maximum atomic E-state index is 9.58. The molecule has 1 aromatic carbocycles. The van der Waals surface area contributed by atoms with Crippen molar-refractivity contribution in [2.24, 2.45) is 0 Å².